The fourth-order valence-electron chi connectivity index (χ4n) is 3.79. The molecule has 6 nitrogen and oxygen atoms in total. The lowest BCUT2D eigenvalue weighted by Crippen LogP contribution is -2.39. The molecule has 1 fully saturated rings. The van der Waals surface area contributed by atoms with Gasteiger partial charge in [0, 0.05) is 48.9 Å². The van der Waals surface area contributed by atoms with Crippen LogP contribution in [0, 0.1) is 0 Å². The number of piperidine rings is 1. The Morgan fingerprint density at radius 2 is 1.83 bits per heavy atom. The Kier molecular flexibility index (Phi) is 5.34. The minimum atomic E-state index is -3.60. The number of amides is 1. The SMILES string of the molecule is CC(=O)Nc1ccc(S(=O)(=O)N2CCC[C@H](c3cc4ccccc4cn3)C2)cc1. The Labute approximate surface area is 170 Å². The van der Waals surface area contributed by atoms with Crippen LogP contribution in [0.3, 0.4) is 0 Å². The average molecular weight is 410 g/mol. The maximum atomic E-state index is 13.1. The Balaban J connectivity index is 1.55. The van der Waals surface area contributed by atoms with Crippen LogP contribution in [0.25, 0.3) is 10.8 Å². The van der Waals surface area contributed by atoms with Gasteiger partial charge in [-0.1, -0.05) is 24.3 Å². The number of nitrogens with zero attached hydrogens (tertiary/aromatic N) is 2. The van der Waals surface area contributed by atoms with Gasteiger partial charge in [0.05, 0.1) is 4.90 Å². The summed E-state index contributed by atoms with van der Waals surface area (Å²) in [4.78, 5) is 16.0. The van der Waals surface area contributed by atoms with E-state index in [0.29, 0.717) is 18.8 Å². The second-order valence-electron chi connectivity index (χ2n) is 7.36. The fraction of sp³-hybridized carbons (Fsp3) is 0.273. The van der Waals surface area contributed by atoms with Crippen molar-refractivity contribution in [1.82, 2.24) is 9.29 Å². The number of benzene rings is 2. The van der Waals surface area contributed by atoms with Crippen molar-refractivity contribution >= 4 is 32.4 Å². The summed E-state index contributed by atoms with van der Waals surface area (Å²) in [5.41, 5.74) is 1.51. The van der Waals surface area contributed by atoms with E-state index in [0.717, 1.165) is 29.3 Å². The van der Waals surface area contributed by atoms with Crippen molar-refractivity contribution in [3.63, 3.8) is 0 Å². The van der Waals surface area contributed by atoms with Gasteiger partial charge in [0.25, 0.3) is 0 Å². The molecule has 7 heteroatoms. The number of anilines is 1. The van der Waals surface area contributed by atoms with E-state index in [9.17, 15) is 13.2 Å². The predicted molar refractivity (Wildman–Crippen MR) is 113 cm³/mol. The van der Waals surface area contributed by atoms with Crippen LogP contribution in [-0.4, -0.2) is 36.7 Å². The molecule has 0 saturated carbocycles. The smallest absolute Gasteiger partial charge is 0.243 e. The van der Waals surface area contributed by atoms with Gasteiger partial charge in [-0.2, -0.15) is 4.31 Å². The topological polar surface area (TPSA) is 79.4 Å². The maximum Gasteiger partial charge on any atom is 0.243 e. The van der Waals surface area contributed by atoms with Gasteiger partial charge in [-0.25, -0.2) is 8.42 Å². The van der Waals surface area contributed by atoms with E-state index in [2.05, 4.69) is 22.4 Å². The van der Waals surface area contributed by atoms with Gasteiger partial charge in [-0.15, -0.1) is 0 Å². The minimum Gasteiger partial charge on any atom is -0.326 e. The quantitative estimate of drug-likeness (QED) is 0.712. The van der Waals surface area contributed by atoms with E-state index in [1.165, 1.54) is 6.92 Å². The molecule has 0 bridgehead atoms. The van der Waals surface area contributed by atoms with Crippen LogP contribution < -0.4 is 5.32 Å². The lowest BCUT2D eigenvalue weighted by Gasteiger charge is -2.31. The fourth-order valence-corrected chi connectivity index (χ4v) is 5.31. The average Bonchev–Trinajstić information content (AvgIpc) is 2.73. The van der Waals surface area contributed by atoms with Crippen molar-refractivity contribution in [1.29, 1.82) is 0 Å². The summed E-state index contributed by atoms with van der Waals surface area (Å²) in [6.07, 6.45) is 3.57. The van der Waals surface area contributed by atoms with Crippen molar-refractivity contribution in [3.8, 4) is 0 Å². The van der Waals surface area contributed by atoms with Gasteiger partial charge in [0.2, 0.25) is 15.9 Å². The largest absolute Gasteiger partial charge is 0.326 e. The van der Waals surface area contributed by atoms with Gasteiger partial charge in [0.1, 0.15) is 0 Å². The molecule has 150 valence electrons. The van der Waals surface area contributed by atoms with E-state index in [-0.39, 0.29) is 16.7 Å². The molecule has 3 aromatic rings. The highest BCUT2D eigenvalue weighted by Gasteiger charge is 2.31. The van der Waals surface area contributed by atoms with Crippen LogP contribution in [0.15, 0.2) is 65.7 Å². The summed E-state index contributed by atoms with van der Waals surface area (Å²) in [5, 5.41) is 4.85. The van der Waals surface area contributed by atoms with Crippen LogP contribution in [0.4, 0.5) is 5.69 Å². The summed E-state index contributed by atoms with van der Waals surface area (Å²) in [5.74, 6) is -0.121. The first-order valence-corrected chi connectivity index (χ1v) is 11.1. The molecule has 2 aromatic carbocycles. The van der Waals surface area contributed by atoms with Crippen LogP contribution in [0.2, 0.25) is 0 Å². The molecule has 1 saturated heterocycles. The molecule has 0 radical (unpaired) electrons. The second kappa shape index (κ2) is 7.93. The zero-order valence-electron chi connectivity index (χ0n) is 16.2. The first-order chi connectivity index (χ1) is 13.9. The lowest BCUT2D eigenvalue weighted by atomic mass is 9.94. The molecule has 1 atom stereocenters. The van der Waals surface area contributed by atoms with E-state index in [4.69, 9.17) is 0 Å². The number of rotatable bonds is 4. The number of hydrogen-bond donors (Lipinski definition) is 1. The highest BCUT2D eigenvalue weighted by Crippen LogP contribution is 2.31. The summed E-state index contributed by atoms with van der Waals surface area (Å²) in [7, 11) is -3.60. The van der Waals surface area contributed by atoms with Crippen LogP contribution in [0.1, 0.15) is 31.4 Å². The third-order valence-electron chi connectivity index (χ3n) is 5.27. The monoisotopic (exact) mass is 409 g/mol. The van der Waals surface area contributed by atoms with E-state index < -0.39 is 10.0 Å². The normalized spacial score (nSPS) is 17.9. The first-order valence-electron chi connectivity index (χ1n) is 9.66. The number of carbonyl (C=O) groups is 1. The molecule has 0 unspecified atom stereocenters. The van der Waals surface area contributed by atoms with E-state index in [1.54, 1.807) is 28.6 Å². The zero-order valence-corrected chi connectivity index (χ0v) is 17.0. The minimum absolute atomic E-state index is 0.0711. The highest BCUT2D eigenvalue weighted by molar-refractivity contribution is 7.89. The molecular formula is C22H23N3O3S. The number of sulfonamides is 1. The molecule has 1 aliphatic heterocycles. The van der Waals surface area contributed by atoms with Crippen molar-refractivity contribution in [2.45, 2.75) is 30.6 Å². The molecule has 29 heavy (non-hydrogen) atoms. The predicted octanol–water partition coefficient (Wildman–Crippen LogP) is 3.76. The van der Waals surface area contributed by atoms with E-state index in [1.807, 2.05) is 24.4 Å². The number of fused-ring (bicyclic) bond motifs is 1. The second-order valence-corrected chi connectivity index (χ2v) is 9.30. The summed E-state index contributed by atoms with van der Waals surface area (Å²) in [6.45, 7) is 2.33. The first kappa shape index (κ1) is 19.5. The van der Waals surface area contributed by atoms with Gasteiger partial charge in [-0.3, -0.25) is 9.78 Å². The summed E-state index contributed by atoms with van der Waals surface area (Å²) in [6, 6.07) is 16.4. The van der Waals surface area contributed by atoms with Gasteiger partial charge in [-0.05, 0) is 48.6 Å². The Morgan fingerprint density at radius 1 is 1.10 bits per heavy atom. The van der Waals surface area contributed by atoms with Gasteiger partial charge >= 0.3 is 0 Å². The van der Waals surface area contributed by atoms with Crippen molar-refractivity contribution in [3.05, 3.63) is 66.5 Å². The van der Waals surface area contributed by atoms with Gasteiger partial charge in [0.15, 0.2) is 0 Å². The van der Waals surface area contributed by atoms with Crippen LogP contribution in [-0.2, 0) is 14.8 Å². The molecular weight excluding hydrogens is 386 g/mol. The number of pyridine rings is 1. The van der Waals surface area contributed by atoms with Gasteiger partial charge < -0.3 is 5.32 Å². The standard InChI is InChI=1S/C22H23N3O3S/c1-16(26)24-20-8-10-21(11-9-20)29(27,28)25-12-4-7-19(15-25)22-13-17-5-2-3-6-18(17)14-23-22/h2-3,5-6,8-11,13-14,19H,4,7,12,15H2,1H3,(H,24,26)/t19-/m0/s1. The Hall–Kier alpha value is -2.77. The molecule has 0 aliphatic carbocycles. The third-order valence-corrected chi connectivity index (χ3v) is 7.15. The van der Waals surface area contributed by atoms with Crippen LogP contribution >= 0.6 is 0 Å². The molecule has 1 aromatic heterocycles. The summed E-state index contributed by atoms with van der Waals surface area (Å²) >= 11 is 0. The molecule has 1 N–H and O–H groups in total. The Bertz CT molecular complexity index is 1140. The highest BCUT2D eigenvalue weighted by atomic mass is 32.2. The molecule has 4 rings (SSSR count). The number of aromatic nitrogens is 1. The zero-order chi connectivity index (χ0) is 20.4. The van der Waals surface area contributed by atoms with Crippen molar-refractivity contribution in [2.75, 3.05) is 18.4 Å². The number of hydrogen-bond acceptors (Lipinski definition) is 4. The van der Waals surface area contributed by atoms with E-state index >= 15 is 0 Å². The maximum absolute atomic E-state index is 13.1. The van der Waals surface area contributed by atoms with Crippen molar-refractivity contribution < 1.29 is 13.2 Å². The summed E-state index contributed by atoms with van der Waals surface area (Å²) < 4.78 is 27.8. The molecule has 0 spiro atoms. The third kappa shape index (κ3) is 4.16. The molecule has 1 aliphatic rings. The molecule has 1 amide bonds. The number of nitrogens with one attached hydrogen (secondary N) is 1. The lowest BCUT2D eigenvalue weighted by molar-refractivity contribution is -0.114. The van der Waals surface area contributed by atoms with Crippen molar-refractivity contribution in [2.24, 2.45) is 0 Å². The molecule has 2 heterocycles. The number of carbonyl (C=O) groups excluding carboxylic acids is 1. The van der Waals surface area contributed by atoms with Crippen LogP contribution in [0.5, 0.6) is 0 Å². The Morgan fingerprint density at radius 3 is 2.55 bits per heavy atom.